The number of fused-ring (bicyclic) bond motifs is 3. The highest BCUT2D eigenvalue weighted by Crippen LogP contribution is 2.44. The van der Waals surface area contributed by atoms with E-state index in [9.17, 15) is 4.79 Å². The van der Waals surface area contributed by atoms with Crippen LogP contribution in [0.15, 0.2) is 30.3 Å². The summed E-state index contributed by atoms with van der Waals surface area (Å²) in [7, 11) is 0. The molecule has 5 nitrogen and oxygen atoms in total. The number of carbonyl (C=O) groups excluding carboxylic acids is 1. The molecule has 3 aliphatic heterocycles. The first kappa shape index (κ1) is 19.7. The summed E-state index contributed by atoms with van der Waals surface area (Å²) in [6.07, 6.45) is 3.67. The Morgan fingerprint density at radius 1 is 1.21 bits per heavy atom. The van der Waals surface area contributed by atoms with Crippen LogP contribution < -0.4 is 15.4 Å². The predicted molar refractivity (Wildman–Crippen MR) is 112 cm³/mol. The second kappa shape index (κ2) is 8.03. The zero-order valence-corrected chi connectivity index (χ0v) is 17.3. The van der Waals surface area contributed by atoms with Crippen molar-refractivity contribution in [2.45, 2.75) is 37.3 Å². The van der Waals surface area contributed by atoms with Gasteiger partial charge in [-0.05, 0) is 62.0 Å². The maximum atomic E-state index is 12.9. The van der Waals surface area contributed by atoms with Crippen LogP contribution in [0.4, 0.5) is 0 Å². The van der Waals surface area contributed by atoms with Gasteiger partial charge < -0.3 is 20.1 Å². The molecule has 0 aliphatic carbocycles. The van der Waals surface area contributed by atoms with Crippen molar-refractivity contribution >= 4 is 29.7 Å². The Hall–Kier alpha value is -1.60. The normalized spacial score (nSPS) is 22.4. The number of para-hydroxylation sites is 1. The highest BCUT2D eigenvalue weighted by Gasteiger charge is 2.41. The number of hydrogen-bond donors (Lipinski definition) is 2. The maximum Gasteiger partial charge on any atom is 0.261 e. The maximum absolute atomic E-state index is 12.9. The van der Waals surface area contributed by atoms with Crippen LogP contribution in [0.1, 0.15) is 38.5 Å². The molecule has 1 atom stereocenters. The molecule has 1 amide bonds. The molecule has 28 heavy (non-hydrogen) atoms. The minimum atomic E-state index is -0.186. The third-order valence-corrected chi connectivity index (χ3v) is 7.18. The smallest absolute Gasteiger partial charge is 0.261 e. The van der Waals surface area contributed by atoms with Crippen molar-refractivity contribution in [3.05, 3.63) is 51.2 Å². The van der Waals surface area contributed by atoms with E-state index in [2.05, 4.69) is 22.8 Å². The van der Waals surface area contributed by atoms with Gasteiger partial charge in [0.15, 0.2) is 0 Å². The fourth-order valence-corrected chi connectivity index (χ4v) is 5.73. The first-order valence-corrected chi connectivity index (χ1v) is 10.5. The largest absolute Gasteiger partial charge is 0.491 e. The summed E-state index contributed by atoms with van der Waals surface area (Å²) in [6.45, 7) is 3.21. The predicted octanol–water partition coefficient (Wildman–Crippen LogP) is 3.05. The van der Waals surface area contributed by atoms with Crippen LogP contribution >= 0.6 is 23.7 Å². The number of piperidine rings is 1. The van der Waals surface area contributed by atoms with E-state index in [-0.39, 0.29) is 30.0 Å². The van der Waals surface area contributed by atoms with Crippen LogP contribution in [0.2, 0.25) is 0 Å². The van der Waals surface area contributed by atoms with Gasteiger partial charge in [0.1, 0.15) is 18.0 Å². The van der Waals surface area contributed by atoms with Crippen LogP contribution in [0.5, 0.6) is 5.75 Å². The minimum Gasteiger partial charge on any atom is -0.491 e. The first-order valence-electron chi connectivity index (χ1n) is 9.73. The molecule has 4 heterocycles. The van der Waals surface area contributed by atoms with Crippen molar-refractivity contribution in [2.75, 3.05) is 26.3 Å². The molecule has 2 N–H and O–H groups in total. The molecular formula is C21H25ClN2O3S. The molecule has 150 valence electrons. The quantitative estimate of drug-likeness (QED) is 0.784. The molecule has 7 heteroatoms. The summed E-state index contributed by atoms with van der Waals surface area (Å²) >= 11 is 1.62. The Balaban J connectivity index is 0.00000192. The summed E-state index contributed by atoms with van der Waals surface area (Å²) in [5.41, 5.74) is 2.26. The Bertz CT molecular complexity index is 863. The number of nitrogens with one attached hydrogen (secondary N) is 2. The van der Waals surface area contributed by atoms with Crippen molar-refractivity contribution < 1.29 is 14.3 Å². The monoisotopic (exact) mass is 420 g/mol. The molecule has 3 aliphatic rings. The second-order valence-electron chi connectivity index (χ2n) is 7.60. The molecule has 0 bridgehead atoms. The highest BCUT2D eigenvalue weighted by molar-refractivity contribution is 7.14. The minimum absolute atomic E-state index is 0. The first-order chi connectivity index (χ1) is 13.2. The third-order valence-electron chi connectivity index (χ3n) is 5.82. The lowest BCUT2D eigenvalue weighted by molar-refractivity contribution is -0.0771. The topological polar surface area (TPSA) is 59.6 Å². The van der Waals surface area contributed by atoms with Gasteiger partial charge in [0.25, 0.3) is 5.91 Å². The summed E-state index contributed by atoms with van der Waals surface area (Å²) < 4.78 is 12.0. The number of ether oxygens (including phenoxy) is 2. The fourth-order valence-electron chi connectivity index (χ4n) is 4.41. The third kappa shape index (κ3) is 3.54. The summed E-state index contributed by atoms with van der Waals surface area (Å²) in [6, 6.07) is 10.1. The van der Waals surface area contributed by atoms with Crippen molar-refractivity contribution in [1.29, 1.82) is 0 Å². The Morgan fingerprint density at radius 2 is 2.04 bits per heavy atom. The van der Waals surface area contributed by atoms with E-state index in [0.29, 0.717) is 6.61 Å². The van der Waals surface area contributed by atoms with E-state index in [4.69, 9.17) is 9.47 Å². The van der Waals surface area contributed by atoms with Gasteiger partial charge in [-0.2, -0.15) is 0 Å². The van der Waals surface area contributed by atoms with Gasteiger partial charge in [0.2, 0.25) is 0 Å². The molecule has 1 unspecified atom stereocenters. The molecule has 0 radical (unpaired) electrons. The molecule has 1 fully saturated rings. The van der Waals surface area contributed by atoms with Crippen LogP contribution in [-0.4, -0.2) is 38.3 Å². The number of amides is 1. The standard InChI is InChI=1S/C21H24N2O3S.ClH/c24-20(23-16-11-14-3-1-2-4-17(14)25-13-16)18-12-15-5-10-26-21(19(15)27-18)6-8-22-9-7-21;/h1-4,12,16,22H,5-11,13H2,(H,23,24);1H. The van der Waals surface area contributed by atoms with E-state index >= 15 is 0 Å². The lowest BCUT2D eigenvalue weighted by atomic mass is 9.86. The number of benzene rings is 1. The lowest BCUT2D eigenvalue weighted by Gasteiger charge is -2.40. The molecule has 1 spiro atoms. The van der Waals surface area contributed by atoms with E-state index in [1.807, 2.05) is 18.2 Å². The SMILES string of the molecule is Cl.O=C(NC1COc2ccccc2C1)c1cc2c(s1)C1(CCNCC1)OCC2. The average molecular weight is 421 g/mol. The lowest BCUT2D eigenvalue weighted by Crippen LogP contribution is -2.44. The van der Waals surface area contributed by atoms with E-state index in [1.165, 1.54) is 10.4 Å². The molecule has 2 aromatic rings. The molecule has 1 aromatic carbocycles. The average Bonchev–Trinajstić information content (AvgIpc) is 3.15. The molecule has 1 aromatic heterocycles. The van der Waals surface area contributed by atoms with Crippen LogP contribution in [0.25, 0.3) is 0 Å². The zero-order chi connectivity index (χ0) is 18.3. The van der Waals surface area contributed by atoms with E-state index in [0.717, 1.165) is 61.6 Å². The van der Waals surface area contributed by atoms with Crippen molar-refractivity contribution in [3.8, 4) is 5.75 Å². The zero-order valence-electron chi connectivity index (χ0n) is 15.7. The van der Waals surface area contributed by atoms with Gasteiger partial charge in [0.05, 0.1) is 17.5 Å². The van der Waals surface area contributed by atoms with Gasteiger partial charge in [-0.15, -0.1) is 23.7 Å². The van der Waals surface area contributed by atoms with E-state index < -0.39 is 0 Å². The van der Waals surface area contributed by atoms with Gasteiger partial charge in [-0.1, -0.05) is 18.2 Å². The van der Waals surface area contributed by atoms with Gasteiger partial charge >= 0.3 is 0 Å². The number of halogens is 1. The number of hydrogen-bond acceptors (Lipinski definition) is 5. The van der Waals surface area contributed by atoms with Gasteiger partial charge in [-0.25, -0.2) is 0 Å². The highest BCUT2D eigenvalue weighted by atomic mass is 35.5. The molecule has 0 saturated carbocycles. The Kier molecular flexibility index (Phi) is 5.65. The molecular weight excluding hydrogens is 396 g/mol. The van der Waals surface area contributed by atoms with Crippen LogP contribution in [0, 0.1) is 0 Å². The summed E-state index contributed by atoms with van der Waals surface area (Å²) in [5.74, 6) is 0.936. The van der Waals surface area contributed by atoms with Gasteiger partial charge in [0, 0.05) is 4.88 Å². The Labute approximate surface area is 175 Å². The summed E-state index contributed by atoms with van der Waals surface area (Å²) in [5, 5.41) is 6.58. The number of rotatable bonds is 2. The summed E-state index contributed by atoms with van der Waals surface area (Å²) in [4.78, 5) is 15.0. The van der Waals surface area contributed by atoms with Gasteiger partial charge in [-0.3, -0.25) is 4.79 Å². The van der Waals surface area contributed by atoms with E-state index in [1.54, 1.807) is 11.3 Å². The number of carbonyl (C=O) groups is 1. The molecule has 5 rings (SSSR count). The van der Waals surface area contributed by atoms with Crippen LogP contribution in [-0.2, 0) is 23.2 Å². The van der Waals surface area contributed by atoms with Crippen molar-refractivity contribution in [3.63, 3.8) is 0 Å². The number of thiophene rings is 1. The fraction of sp³-hybridized carbons (Fsp3) is 0.476. The van der Waals surface area contributed by atoms with Crippen molar-refractivity contribution in [2.24, 2.45) is 0 Å². The molecule has 1 saturated heterocycles. The Morgan fingerprint density at radius 3 is 2.89 bits per heavy atom. The van der Waals surface area contributed by atoms with Crippen molar-refractivity contribution in [1.82, 2.24) is 10.6 Å². The van der Waals surface area contributed by atoms with Crippen LogP contribution in [0.3, 0.4) is 0 Å². The second-order valence-corrected chi connectivity index (χ2v) is 8.65.